The van der Waals surface area contributed by atoms with Crippen LogP contribution in [0.25, 0.3) is 0 Å². The highest BCUT2D eigenvalue weighted by Crippen LogP contribution is 2.36. The first-order valence-corrected chi connectivity index (χ1v) is 10.3. The number of likely N-dealkylation sites (tertiary alicyclic amines) is 1. The van der Waals surface area contributed by atoms with Gasteiger partial charge in [-0.15, -0.1) is 13.2 Å². The fourth-order valence-corrected chi connectivity index (χ4v) is 4.45. The molecule has 5 heteroatoms. The van der Waals surface area contributed by atoms with Gasteiger partial charge in [-0.3, -0.25) is 0 Å². The van der Waals surface area contributed by atoms with Gasteiger partial charge in [-0.2, -0.15) is 0 Å². The SMILES string of the molecule is C=C.CNC1(C)CCN(CC2(c3ccc(Cl)c(Cl)c3)CCCNC2)CC1. The predicted molar refractivity (Wildman–Crippen MR) is 115 cm³/mol. The summed E-state index contributed by atoms with van der Waals surface area (Å²) >= 11 is 12.5. The van der Waals surface area contributed by atoms with E-state index in [2.05, 4.69) is 54.8 Å². The molecule has 0 amide bonds. The van der Waals surface area contributed by atoms with E-state index < -0.39 is 0 Å². The van der Waals surface area contributed by atoms with Gasteiger partial charge in [0, 0.05) is 24.0 Å². The highest BCUT2D eigenvalue weighted by atomic mass is 35.5. The van der Waals surface area contributed by atoms with Gasteiger partial charge >= 0.3 is 0 Å². The predicted octanol–water partition coefficient (Wildman–Crippen LogP) is 4.49. The van der Waals surface area contributed by atoms with E-state index in [-0.39, 0.29) is 11.0 Å². The third kappa shape index (κ3) is 5.02. The van der Waals surface area contributed by atoms with Gasteiger partial charge in [-0.25, -0.2) is 0 Å². The van der Waals surface area contributed by atoms with Gasteiger partial charge in [0.05, 0.1) is 10.0 Å². The van der Waals surface area contributed by atoms with Crippen molar-refractivity contribution in [2.75, 3.05) is 39.8 Å². The van der Waals surface area contributed by atoms with Crippen LogP contribution in [0.4, 0.5) is 0 Å². The Morgan fingerprint density at radius 1 is 1.15 bits per heavy atom. The van der Waals surface area contributed by atoms with Crippen LogP contribution in [0.5, 0.6) is 0 Å². The molecule has 2 aliphatic rings. The first kappa shape index (κ1) is 21.7. The lowest BCUT2D eigenvalue weighted by Gasteiger charge is -2.46. The maximum atomic E-state index is 6.32. The van der Waals surface area contributed by atoms with Crippen LogP contribution in [0.15, 0.2) is 31.4 Å². The first-order valence-electron chi connectivity index (χ1n) is 9.54. The Kier molecular flexibility index (Phi) is 7.99. The van der Waals surface area contributed by atoms with Crippen molar-refractivity contribution in [2.45, 2.75) is 43.6 Å². The summed E-state index contributed by atoms with van der Waals surface area (Å²) in [6.07, 6.45) is 4.82. The lowest BCUT2D eigenvalue weighted by Crippen LogP contribution is -2.55. The van der Waals surface area contributed by atoms with Crippen molar-refractivity contribution in [3.05, 3.63) is 47.0 Å². The molecule has 26 heavy (non-hydrogen) atoms. The largest absolute Gasteiger partial charge is 0.316 e. The van der Waals surface area contributed by atoms with Gasteiger partial charge in [0.25, 0.3) is 0 Å². The van der Waals surface area contributed by atoms with Crippen LogP contribution in [0, 0.1) is 0 Å². The van der Waals surface area contributed by atoms with Crippen LogP contribution < -0.4 is 10.6 Å². The zero-order valence-electron chi connectivity index (χ0n) is 16.2. The smallest absolute Gasteiger partial charge is 0.0595 e. The molecule has 3 rings (SSSR count). The summed E-state index contributed by atoms with van der Waals surface area (Å²) in [5.74, 6) is 0. The van der Waals surface area contributed by atoms with E-state index >= 15 is 0 Å². The Hall–Kier alpha value is -0.580. The van der Waals surface area contributed by atoms with Crippen molar-refractivity contribution in [3.63, 3.8) is 0 Å². The number of hydrogen-bond donors (Lipinski definition) is 2. The monoisotopic (exact) mass is 397 g/mol. The van der Waals surface area contributed by atoms with Gasteiger partial charge in [0.1, 0.15) is 0 Å². The number of halogens is 2. The molecule has 0 radical (unpaired) electrons. The molecule has 2 aliphatic heterocycles. The third-order valence-corrected chi connectivity index (χ3v) is 6.83. The van der Waals surface area contributed by atoms with Crippen LogP contribution in [0.2, 0.25) is 10.0 Å². The van der Waals surface area contributed by atoms with E-state index in [9.17, 15) is 0 Å². The normalized spacial score (nSPS) is 26.0. The highest BCUT2D eigenvalue weighted by Gasteiger charge is 2.38. The molecule has 0 spiro atoms. The summed E-state index contributed by atoms with van der Waals surface area (Å²) in [5.41, 5.74) is 1.75. The van der Waals surface area contributed by atoms with Gasteiger partial charge in [-0.1, -0.05) is 29.3 Å². The summed E-state index contributed by atoms with van der Waals surface area (Å²) in [6.45, 7) is 13.9. The fourth-order valence-electron chi connectivity index (χ4n) is 4.15. The van der Waals surface area contributed by atoms with E-state index in [1.807, 2.05) is 6.07 Å². The Balaban J connectivity index is 0.00000117. The zero-order chi connectivity index (χ0) is 19.2. The second-order valence-electron chi connectivity index (χ2n) is 7.78. The van der Waals surface area contributed by atoms with Crippen LogP contribution in [-0.4, -0.2) is 50.2 Å². The van der Waals surface area contributed by atoms with Crippen molar-refractivity contribution in [3.8, 4) is 0 Å². The van der Waals surface area contributed by atoms with Gasteiger partial charge in [-0.05, 0) is 77.0 Å². The molecule has 1 atom stereocenters. The molecule has 2 fully saturated rings. The van der Waals surface area contributed by atoms with Crippen molar-refractivity contribution in [2.24, 2.45) is 0 Å². The number of nitrogens with one attached hydrogen (secondary N) is 2. The Morgan fingerprint density at radius 2 is 1.85 bits per heavy atom. The van der Waals surface area contributed by atoms with Crippen molar-refractivity contribution in [1.29, 1.82) is 0 Å². The molecule has 1 aromatic carbocycles. The number of nitrogens with zero attached hydrogens (tertiary/aromatic N) is 1. The quantitative estimate of drug-likeness (QED) is 0.732. The van der Waals surface area contributed by atoms with Crippen LogP contribution >= 0.6 is 23.2 Å². The molecule has 146 valence electrons. The lowest BCUT2D eigenvalue weighted by molar-refractivity contribution is 0.113. The summed E-state index contributed by atoms with van der Waals surface area (Å²) < 4.78 is 0. The topological polar surface area (TPSA) is 27.3 Å². The second kappa shape index (κ2) is 9.57. The van der Waals surface area contributed by atoms with Crippen LogP contribution in [-0.2, 0) is 5.41 Å². The summed E-state index contributed by atoms with van der Waals surface area (Å²) in [6, 6.07) is 6.20. The molecule has 3 nitrogen and oxygen atoms in total. The van der Waals surface area contributed by atoms with E-state index in [0.29, 0.717) is 10.0 Å². The molecule has 0 saturated carbocycles. The Bertz CT molecular complexity index is 577. The average Bonchev–Trinajstić information content (AvgIpc) is 2.68. The molecule has 0 aliphatic carbocycles. The lowest BCUT2D eigenvalue weighted by atomic mass is 9.73. The second-order valence-corrected chi connectivity index (χ2v) is 8.59. The molecule has 0 aromatic heterocycles. The molecule has 2 heterocycles. The van der Waals surface area contributed by atoms with Gasteiger partial charge in [0.2, 0.25) is 0 Å². The van der Waals surface area contributed by atoms with Gasteiger partial charge < -0.3 is 15.5 Å². The molecule has 2 N–H and O–H groups in total. The number of piperidine rings is 2. The summed E-state index contributed by atoms with van der Waals surface area (Å²) in [7, 11) is 2.08. The number of hydrogen-bond acceptors (Lipinski definition) is 3. The maximum absolute atomic E-state index is 6.32. The standard InChI is InChI=1S/C19H29Cl2N3.C2H4/c1-18(22-2)7-10-24(11-8-18)14-19(6-3-9-23-13-19)15-4-5-16(20)17(21)12-15;1-2/h4-5,12,22-23H,3,6-11,13-14H2,1-2H3;1-2H2. The minimum Gasteiger partial charge on any atom is -0.316 e. The molecular formula is C21H33Cl2N3. The maximum Gasteiger partial charge on any atom is 0.0595 e. The summed E-state index contributed by atoms with van der Waals surface area (Å²) in [5, 5.41) is 8.41. The molecule has 1 aromatic rings. The van der Waals surface area contributed by atoms with E-state index in [1.165, 1.54) is 31.2 Å². The van der Waals surface area contributed by atoms with Gasteiger partial charge in [0.15, 0.2) is 0 Å². The van der Waals surface area contributed by atoms with Crippen LogP contribution in [0.1, 0.15) is 38.2 Å². The number of benzene rings is 1. The van der Waals surface area contributed by atoms with E-state index in [4.69, 9.17) is 23.2 Å². The minimum absolute atomic E-state index is 0.139. The molecule has 0 bridgehead atoms. The third-order valence-electron chi connectivity index (χ3n) is 6.09. The molecule has 2 saturated heterocycles. The number of rotatable bonds is 4. The van der Waals surface area contributed by atoms with Crippen molar-refractivity contribution in [1.82, 2.24) is 15.5 Å². The van der Waals surface area contributed by atoms with E-state index in [1.54, 1.807) is 0 Å². The van der Waals surface area contributed by atoms with Crippen LogP contribution in [0.3, 0.4) is 0 Å². The molecular weight excluding hydrogens is 365 g/mol. The van der Waals surface area contributed by atoms with E-state index in [0.717, 1.165) is 32.7 Å². The molecule has 1 unspecified atom stereocenters. The first-order chi connectivity index (χ1) is 12.5. The highest BCUT2D eigenvalue weighted by molar-refractivity contribution is 6.42. The Labute approximate surface area is 169 Å². The zero-order valence-corrected chi connectivity index (χ0v) is 17.7. The van der Waals surface area contributed by atoms with Crippen molar-refractivity contribution < 1.29 is 0 Å². The Morgan fingerprint density at radius 3 is 2.38 bits per heavy atom. The van der Waals surface area contributed by atoms with Crippen molar-refractivity contribution >= 4 is 23.2 Å². The fraction of sp³-hybridized carbons (Fsp3) is 0.619. The minimum atomic E-state index is 0.139. The summed E-state index contributed by atoms with van der Waals surface area (Å²) in [4.78, 5) is 2.63. The average molecular weight is 398 g/mol.